The molecule has 0 amide bonds. The van der Waals surface area contributed by atoms with Crippen LogP contribution in [0.1, 0.15) is 44.4 Å². The molecule has 0 fully saturated rings. The second-order valence-electron chi connectivity index (χ2n) is 5.77. The molecule has 1 rings (SSSR count). The Labute approximate surface area is 118 Å². The van der Waals surface area contributed by atoms with Crippen LogP contribution >= 0.6 is 0 Å². The summed E-state index contributed by atoms with van der Waals surface area (Å²) in [6.07, 6.45) is 1.00. The Bertz CT molecular complexity index is 398. The zero-order valence-electron chi connectivity index (χ0n) is 13.3. The summed E-state index contributed by atoms with van der Waals surface area (Å²) in [7, 11) is 0. The van der Waals surface area contributed by atoms with E-state index in [9.17, 15) is 0 Å². The Hall–Kier alpha value is -0.860. The van der Waals surface area contributed by atoms with E-state index in [1.165, 1.54) is 16.7 Å². The molecule has 0 saturated carbocycles. The minimum atomic E-state index is -0.149. The van der Waals surface area contributed by atoms with Gasteiger partial charge in [0.15, 0.2) is 0 Å². The number of hydrogen-bond donors (Lipinski definition) is 1. The summed E-state index contributed by atoms with van der Waals surface area (Å²) in [5, 5.41) is 3.57. The summed E-state index contributed by atoms with van der Waals surface area (Å²) in [4.78, 5) is 0. The van der Waals surface area contributed by atoms with Gasteiger partial charge in [0, 0.05) is 12.6 Å². The van der Waals surface area contributed by atoms with Crippen molar-refractivity contribution in [1.29, 1.82) is 0 Å². The van der Waals surface area contributed by atoms with Gasteiger partial charge in [-0.2, -0.15) is 0 Å². The summed E-state index contributed by atoms with van der Waals surface area (Å²) >= 11 is 0. The van der Waals surface area contributed by atoms with Crippen molar-refractivity contribution < 1.29 is 4.74 Å². The van der Waals surface area contributed by atoms with Crippen molar-refractivity contribution in [3.05, 3.63) is 34.9 Å². The van der Waals surface area contributed by atoms with E-state index < -0.39 is 0 Å². The normalized spacial score (nSPS) is 13.6. The molecule has 0 spiro atoms. The molecule has 1 N–H and O–H groups in total. The van der Waals surface area contributed by atoms with Gasteiger partial charge >= 0.3 is 0 Å². The van der Waals surface area contributed by atoms with Gasteiger partial charge in [-0.1, -0.05) is 25.1 Å². The van der Waals surface area contributed by atoms with Gasteiger partial charge in [-0.15, -0.1) is 0 Å². The van der Waals surface area contributed by atoms with Crippen LogP contribution in [0.5, 0.6) is 0 Å². The molecule has 1 aromatic rings. The molecule has 1 atom stereocenters. The quantitative estimate of drug-likeness (QED) is 0.811. The Morgan fingerprint density at radius 1 is 1.16 bits per heavy atom. The molecule has 2 heteroatoms. The lowest BCUT2D eigenvalue weighted by Gasteiger charge is -2.35. The Balaban J connectivity index is 2.85. The predicted octanol–water partition coefficient (Wildman–Crippen LogP) is 3.64. The Kier molecular flexibility index (Phi) is 6.02. The standard InChI is InChI=1S/C17H29NO/c1-7-18-16(17(5,6)19-8-2)12-15-10-9-13(3)14(4)11-15/h9-11,16,18H,7-8,12H2,1-6H3. The number of ether oxygens (including phenoxy) is 1. The van der Waals surface area contributed by atoms with Crippen LogP contribution in [-0.4, -0.2) is 24.8 Å². The molecule has 1 aromatic carbocycles. The molecular weight excluding hydrogens is 234 g/mol. The number of likely N-dealkylation sites (N-methyl/N-ethyl adjacent to an activating group) is 1. The van der Waals surface area contributed by atoms with Gasteiger partial charge in [-0.25, -0.2) is 0 Å². The van der Waals surface area contributed by atoms with Gasteiger partial charge in [0.1, 0.15) is 0 Å². The molecular formula is C17H29NO. The van der Waals surface area contributed by atoms with Crippen LogP contribution in [-0.2, 0) is 11.2 Å². The van der Waals surface area contributed by atoms with Gasteiger partial charge < -0.3 is 10.1 Å². The van der Waals surface area contributed by atoms with Crippen LogP contribution in [0, 0.1) is 13.8 Å². The highest BCUT2D eigenvalue weighted by Gasteiger charge is 2.29. The van der Waals surface area contributed by atoms with E-state index in [-0.39, 0.29) is 5.60 Å². The minimum Gasteiger partial charge on any atom is -0.374 e. The number of nitrogens with one attached hydrogen (secondary N) is 1. The Morgan fingerprint density at radius 3 is 2.37 bits per heavy atom. The highest BCUT2D eigenvalue weighted by atomic mass is 16.5. The van der Waals surface area contributed by atoms with Gasteiger partial charge in [0.25, 0.3) is 0 Å². The van der Waals surface area contributed by atoms with Gasteiger partial charge in [-0.3, -0.25) is 0 Å². The third-order valence-electron chi connectivity index (χ3n) is 3.82. The van der Waals surface area contributed by atoms with Gasteiger partial charge in [0.05, 0.1) is 5.60 Å². The highest BCUT2D eigenvalue weighted by molar-refractivity contribution is 5.30. The van der Waals surface area contributed by atoms with Crippen LogP contribution in [0.25, 0.3) is 0 Å². The molecule has 1 unspecified atom stereocenters. The summed E-state index contributed by atoms with van der Waals surface area (Å²) in [5.74, 6) is 0. The van der Waals surface area contributed by atoms with Gasteiger partial charge in [-0.05, 0) is 64.3 Å². The number of hydrogen-bond acceptors (Lipinski definition) is 2. The lowest BCUT2D eigenvalue weighted by Crippen LogP contribution is -2.50. The van der Waals surface area contributed by atoms with Crippen LogP contribution in [0.4, 0.5) is 0 Å². The fourth-order valence-corrected chi connectivity index (χ4v) is 2.45. The number of aryl methyl sites for hydroxylation is 2. The smallest absolute Gasteiger partial charge is 0.0781 e. The lowest BCUT2D eigenvalue weighted by atomic mass is 9.91. The fraction of sp³-hybridized carbons (Fsp3) is 0.647. The first kappa shape index (κ1) is 16.2. The monoisotopic (exact) mass is 263 g/mol. The number of rotatable bonds is 7. The molecule has 0 aliphatic rings. The zero-order valence-corrected chi connectivity index (χ0v) is 13.3. The first-order valence-corrected chi connectivity index (χ1v) is 7.34. The second-order valence-corrected chi connectivity index (χ2v) is 5.77. The third-order valence-corrected chi connectivity index (χ3v) is 3.82. The van der Waals surface area contributed by atoms with E-state index in [1.54, 1.807) is 0 Å². The van der Waals surface area contributed by atoms with Crippen molar-refractivity contribution >= 4 is 0 Å². The zero-order chi connectivity index (χ0) is 14.5. The van der Waals surface area contributed by atoms with Gasteiger partial charge in [0.2, 0.25) is 0 Å². The number of benzene rings is 1. The maximum Gasteiger partial charge on any atom is 0.0781 e. The lowest BCUT2D eigenvalue weighted by molar-refractivity contribution is -0.0376. The van der Waals surface area contributed by atoms with Crippen LogP contribution in [0.2, 0.25) is 0 Å². The van der Waals surface area contributed by atoms with E-state index >= 15 is 0 Å². The largest absolute Gasteiger partial charge is 0.374 e. The first-order chi connectivity index (χ1) is 8.90. The van der Waals surface area contributed by atoms with E-state index in [4.69, 9.17) is 4.74 Å². The average molecular weight is 263 g/mol. The van der Waals surface area contributed by atoms with Crippen molar-refractivity contribution in [2.45, 2.75) is 59.6 Å². The van der Waals surface area contributed by atoms with Crippen molar-refractivity contribution in [2.24, 2.45) is 0 Å². The summed E-state index contributed by atoms with van der Waals surface area (Å²) in [5.41, 5.74) is 3.94. The van der Waals surface area contributed by atoms with E-state index in [1.807, 2.05) is 0 Å². The molecule has 0 radical (unpaired) electrons. The summed E-state index contributed by atoms with van der Waals surface area (Å²) in [6.45, 7) is 14.6. The molecule has 0 saturated heterocycles. The molecule has 108 valence electrons. The van der Waals surface area contributed by atoms with Crippen molar-refractivity contribution in [3.8, 4) is 0 Å². The Morgan fingerprint density at radius 2 is 1.84 bits per heavy atom. The second kappa shape index (κ2) is 7.06. The first-order valence-electron chi connectivity index (χ1n) is 7.34. The van der Waals surface area contributed by atoms with Crippen LogP contribution in [0.3, 0.4) is 0 Å². The minimum absolute atomic E-state index is 0.149. The fourth-order valence-electron chi connectivity index (χ4n) is 2.45. The topological polar surface area (TPSA) is 21.3 Å². The van der Waals surface area contributed by atoms with Crippen molar-refractivity contribution in [3.63, 3.8) is 0 Å². The molecule has 19 heavy (non-hydrogen) atoms. The molecule has 2 nitrogen and oxygen atoms in total. The average Bonchev–Trinajstić information content (AvgIpc) is 2.33. The molecule has 0 aliphatic heterocycles. The molecule has 0 aliphatic carbocycles. The SMILES string of the molecule is CCNC(Cc1ccc(C)c(C)c1)C(C)(C)OCC. The maximum absolute atomic E-state index is 5.91. The molecule has 0 heterocycles. The van der Waals surface area contributed by atoms with E-state index in [2.05, 4.69) is 65.1 Å². The summed E-state index contributed by atoms with van der Waals surface area (Å²) in [6, 6.07) is 7.07. The third kappa shape index (κ3) is 4.63. The summed E-state index contributed by atoms with van der Waals surface area (Å²) < 4.78 is 5.91. The van der Waals surface area contributed by atoms with E-state index in [0.29, 0.717) is 6.04 Å². The van der Waals surface area contributed by atoms with E-state index in [0.717, 1.165) is 19.6 Å². The van der Waals surface area contributed by atoms with Crippen molar-refractivity contribution in [1.82, 2.24) is 5.32 Å². The highest BCUT2D eigenvalue weighted by Crippen LogP contribution is 2.20. The van der Waals surface area contributed by atoms with Crippen LogP contribution in [0.15, 0.2) is 18.2 Å². The predicted molar refractivity (Wildman–Crippen MR) is 82.8 cm³/mol. The maximum atomic E-state index is 5.91. The molecule has 0 bridgehead atoms. The molecule has 0 aromatic heterocycles. The van der Waals surface area contributed by atoms with Crippen molar-refractivity contribution in [2.75, 3.05) is 13.2 Å². The van der Waals surface area contributed by atoms with Crippen LogP contribution < -0.4 is 5.32 Å².